The maximum atomic E-state index is 7.51. The van der Waals surface area contributed by atoms with Gasteiger partial charge in [0.2, 0.25) is 11.7 Å². The molecule has 8 nitrogen and oxygen atoms in total. The van der Waals surface area contributed by atoms with E-state index in [9.17, 15) is 0 Å². The molecule has 0 unspecified atom stereocenters. The fourth-order valence-corrected chi connectivity index (χ4v) is 3.53. The number of nitrogens with two attached hydrogens (primary N) is 1. The molecule has 0 radical (unpaired) electrons. The summed E-state index contributed by atoms with van der Waals surface area (Å²) in [6.07, 6.45) is 6.46. The highest BCUT2D eigenvalue weighted by Gasteiger charge is 2.29. The molecular weight excluding hydrogens is 318 g/mol. The zero-order chi connectivity index (χ0) is 17.2. The molecule has 0 spiro atoms. The van der Waals surface area contributed by atoms with Crippen molar-refractivity contribution in [3.63, 3.8) is 0 Å². The van der Waals surface area contributed by atoms with Gasteiger partial charge in [-0.2, -0.15) is 4.98 Å². The topological polar surface area (TPSA) is 108 Å². The molecule has 1 atom stereocenters. The highest BCUT2D eigenvalue weighted by Crippen LogP contribution is 2.28. The SMILES string of the molecule is N=C(N)N1CC[C@@H](c2nc(-c3ccc(N4CCCCC4)nc3)no2)C1. The summed E-state index contributed by atoms with van der Waals surface area (Å²) >= 11 is 0. The van der Waals surface area contributed by atoms with Crippen LogP contribution in [0.4, 0.5) is 5.82 Å². The molecule has 2 aromatic rings. The molecule has 8 heteroatoms. The molecule has 0 saturated carbocycles. The number of piperidine rings is 1. The van der Waals surface area contributed by atoms with Crippen LogP contribution in [0.25, 0.3) is 11.4 Å². The maximum absolute atomic E-state index is 7.51. The van der Waals surface area contributed by atoms with Gasteiger partial charge in [-0.3, -0.25) is 5.41 Å². The number of likely N-dealkylation sites (tertiary alicyclic amines) is 1. The fraction of sp³-hybridized carbons (Fsp3) is 0.529. The molecule has 2 aliphatic heterocycles. The molecule has 0 aromatic carbocycles. The van der Waals surface area contributed by atoms with Crippen molar-refractivity contribution in [2.24, 2.45) is 5.73 Å². The number of anilines is 1. The molecule has 25 heavy (non-hydrogen) atoms. The van der Waals surface area contributed by atoms with E-state index < -0.39 is 0 Å². The van der Waals surface area contributed by atoms with Crippen LogP contribution in [0, 0.1) is 5.41 Å². The van der Waals surface area contributed by atoms with Gasteiger partial charge < -0.3 is 20.1 Å². The van der Waals surface area contributed by atoms with Crippen molar-refractivity contribution in [2.75, 3.05) is 31.1 Å². The summed E-state index contributed by atoms with van der Waals surface area (Å²) in [5.74, 6) is 2.42. The Kier molecular flexibility index (Phi) is 4.25. The zero-order valence-corrected chi connectivity index (χ0v) is 14.2. The van der Waals surface area contributed by atoms with Gasteiger partial charge in [-0.25, -0.2) is 4.98 Å². The number of pyridine rings is 1. The Bertz CT molecular complexity index is 736. The largest absolute Gasteiger partial charge is 0.370 e. The van der Waals surface area contributed by atoms with Crippen molar-refractivity contribution < 1.29 is 4.52 Å². The predicted molar refractivity (Wildman–Crippen MR) is 94.4 cm³/mol. The van der Waals surface area contributed by atoms with Gasteiger partial charge in [0.1, 0.15) is 5.82 Å². The van der Waals surface area contributed by atoms with E-state index in [0.29, 0.717) is 18.3 Å². The average molecular weight is 341 g/mol. The van der Waals surface area contributed by atoms with Crippen LogP contribution < -0.4 is 10.6 Å². The van der Waals surface area contributed by atoms with E-state index in [2.05, 4.69) is 20.0 Å². The van der Waals surface area contributed by atoms with Gasteiger partial charge in [0, 0.05) is 37.9 Å². The Morgan fingerprint density at radius 1 is 1.20 bits per heavy atom. The molecule has 2 aromatic heterocycles. The number of aromatic nitrogens is 3. The summed E-state index contributed by atoms with van der Waals surface area (Å²) in [6, 6.07) is 4.03. The summed E-state index contributed by atoms with van der Waals surface area (Å²) in [4.78, 5) is 13.2. The Hall–Kier alpha value is -2.64. The van der Waals surface area contributed by atoms with Crippen molar-refractivity contribution in [3.8, 4) is 11.4 Å². The third kappa shape index (κ3) is 3.29. The quantitative estimate of drug-likeness (QED) is 0.647. The van der Waals surface area contributed by atoms with E-state index in [0.717, 1.165) is 37.4 Å². The maximum Gasteiger partial charge on any atom is 0.231 e. The van der Waals surface area contributed by atoms with Crippen LogP contribution in [-0.4, -0.2) is 52.2 Å². The summed E-state index contributed by atoms with van der Waals surface area (Å²) in [5.41, 5.74) is 6.40. The lowest BCUT2D eigenvalue weighted by atomic mass is 10.1. The van der Waals surface area contributed by atoms with Crippen LogP contribution in [0.2, 0.25) is 0 Å². The zero-order valence-electron chi connectivity index (χ0n) is 14.2. The number of rotatable bonds is 3. The van der Waals surface area contributed by atoms with Gasteiger partial charge in [-0.05, 0) is 37.8 Å². The van der Waals surface area contributed by atoms with Crippen molar-refractivity contribution in [3.05, 3.63) is 24.2 Å². The van der Waals surface area contributed by atoms with Crippen molar-refractivity contribution >= 4 is 11.8 Å². The van der Waals surface area contributed by atoms with Crippen LogP contribution in [0.5, 0.6) is 0 Å². The van der Waals surface area contributed by atoms with Gasteiger partial charge in [0.25, 0.3) is 0 Å². The summed E-state index contributed by atoms with van der Waals surface area (Å²) in [5, 5.41) is 11.6. The van der Waals surface area contributed by atoms with Crippen molar-refractivity contribution in [1.29, 1.82) is 5.41 Å². The second kappa shape index (κ2) is 6.70. The third-order valence-electron chi connectivity index (χ3n) is 5.01. The molecule has 0 bridgehead atoms. The first-order chi connectivity index (χ1) is 12.2. The predicted octanol–water partition coefficient (Wildman–Crippen LogP) is 1.80. The first-order valence-corrected chi connectivity index (χ1v) is 8.84. The van der Waals surface area contributed by atoms with Crippen LogP contribution >= 0.6 is 0 Å². The number of nitrogens with zero attached hydrogens (tertiary/aromatic N) is 5. The van der Waals surface area contributed by atoms with Gasteiger partial charge in [0.05, 0.1) is 5.92 Å². The Morgan fingerprint density at radius 3 is 2.72 bits per heavy atom. The fourth-order valence-electron chi connectivity index (χ4n) is 3.53. The number of hydrogen-bond acceptors (Lipinski definition) is 6. The monoisotopic (exact) mass is 341 g/mol. The molecule has 2 aliphatic rings. The van der Waals surface area contributed by atoms with Gasteiger partial charge in [0.15, 0.2) is 5.96 Å². The lowest BCUT2D eigenvalue weighted by Gasteiger charge is -2.27. The van der Waals surface area contributed by atoms with Crippen molar-refractivity contribution in [2.45, 2.75) is 31.6 Å². The third-order valence-corrected chi connectivity index (χ3v) is 5.01. The number of guanidine groups is 1. The summed E-state index contributed by atoms with van der Waals surface area (Å²) in [7, 11) is 0. The van der Waals surface area contributed by atoms with Gasteiger partial charge in [-0.1, -0.05) is 5.16 Å². The van der Waals surface area contributed by atoms with Crippen LogP contribution in [-0.2, 0) is 0 Å². The van der Waals surface area contributed by atoms with E-state index in [-0.39, 0.29) is 11.9 Å². The molecular formula is C17H23N7O. The second-order valence-electron chi connectivity index (χ2n) is 6.73. The van der Waals surface area contributed by atoms with Gasteiger partial charge >= 0.3 is 0 Å². The minimum Gasteiger partial charge on any atom is -0.370 e. The van der Waals surface area contributed by atoms with Gasteiger partial charge in [-0.15, -0.1) is 0 Å². The number of hydrogen-bond donors (Lipinski definition) is 2. The Morgan fingerprint density at radius 2 is 2.04 bits per heavy atom. The molecule has 2 fully saturated rings. The Balaban J connectivity index is 1.46. The highest BCUT2D eigenvalue weighted by atomic mass is 16.5. The molecule has 0 amide bonds. The normalized spacial score (nSPS) is 20.9. The molecule has 4 heterocycles. The van der Waals surface area contributed by atoms with E-state index in [1.54, 1.807) is 0 Å². The first-order valence-electron chi connectivity index (χ1n) is 8.84. The standard InChI is InChI=1S/C17H23N7O/c18-17(19)24-9-6-13(11-24)16-21-15(22-25-16)12-4-5-14(20-10-12)23-7-2-1-3-8-23/h4-5,10,13H,1-3,6-9,11H2,(H3,18,19)/t13-/m1/s1. The molecule has 4 rings (SSSR count). The van der Waals surface area contributed by atoms with E-state index in [1.165, 1.54) is 19.3 Å². The highest BCUT2D eigenvalue weighted by molar-refractivity contribution is 5.75. The van der Waals surface area contributed by atoms with Crippen LogP contribution in [0.15, 0.2) is 22.9 Å². The molecule has 0 aliphatic carbocycles. The smallest absolute Gasteiger partial charge is 0.231 e. The minimum absolute atomic E-state index is 0.0970. The second-order valence-corrected chi connectivity index (χ2v) is 6.73. The van der Waals surface area contributed by atoms with E-state index in [4.69, 9.17) is 15.7 Å². The summed E-state index contributed by atoms with van der Waals surface area (Å²) < 4.78 is 5.44. The summed E-state index contributed by atoms with van der Waals surface area (Å²) in [6.45, 7) is 3.56. The first kappa shape index (κ1) is 15.9. The van der Waals surface area contributed by atoms with E-state index in [1.807, 2.05) is 23.2 Å². The molecule has 132 valence electrons. The number of nitrogens with one attached hydrogen (secondary N) is 1. The molecule has 3 N–H and O–H groups in total. The van der Waals surface area contributed by atoms with E-state index >= 15 is 0 Å². The average Bonchev–Trinajstić information content (AvgIpc) is 3.32. The minimum atomic E-state index is 0.0970. The lowest BCUT2D eigenvalue weighted by Crippen LogP contribution is -2.34. The Labute approximate surface area is 146 Å². The van der Waals surface area contributed by atoms with Crippen LogP contribution in [0.3, 0.4) is 0 Å². The lowest BCUT2D eigenvalue weighted by molar-refractivity contribution is 0.354. The van der Waals surface area contributed by atoms with Crippen LogP contribution in [0.1, 0.15) is 37.5 Å². The molecule has 2 saturated heterocycles. The van der Waals surface area contributed by atoms with Crippen molar-refractivity contribution in [1.82, 2.24) is 20.0 Å².